The molecular weight excluding hydrogens is 388 g/mol. The molecule has 0 saturated carbocycles. The lowest BCUT2D eigenvalue weighted by molar-refractivity contribution is -0.120. The predicted molar refractivity (Wildman–Crippen MR) is 125 cm³/mol. The van der Waals surface area contributed by atoms with E-state index in [0.29, 0.717) is 19.4 Å². The van der Waals surface area contributed by atoms with Gasteiger partial charge in [-0.1, -0.05) is 42.5 Å². The van der Waals surface area contributed by atoms with Crippen molar-refractivity contribution in [1.82, 2.24) is 10.6 Å². The number of ether oxygens (including phenoxy) is 1. The minimum absolute atomic E-state index is 0.0125. The smallest absolute Gasteiger partial charge is 0.408 e. The first-order valence-electron chi connectivity index (χ1n) is 10.7. The molecule has 5 nitrogen and oxygen atoms in total. The quantitative estimate of drug-likeness (QED) is 0.657. The number of carbonyl (C=O) groups excluding carboxylic acids is 2. The third kappa shape index (κ3) is 8.83. The summed E-state index contributed by atoms with van der Waals surface area (Å²) in [5.41, 5.74) is 4.55. The van der Waals surface area contributed by atoms with Crippen LogP contribution in [0, 0.1) is 13.8 Å². The van der Waals surface area contributed by atoms with Crippen molar-refractivity contribution in [3.05, 3.63) is 70.3 Å². The van der Waals surface area contributed by atoms with Gasteiger partial charge in [-0.05, 0) is 82.7 Å². The van der Waals surface area contributed by atoms with Crippen LogP contribution in [-0.4, -0.2) is 23.1 Å². The van der Waals surface area contributed by atoms with Crippen LogP contribution in [0.5, 0.6) is 0 Å². The molecule has 0 spiro atoms. The number of benzene rings is 2. The van der Waals surface area contributed by atoms with Crippen molar-refractivity contribution in [2.75, 3.05) is 0 Å². The van der Waals surface area contributed by atoms with Gasteiger partial charge in [0, 0.05) is 12.1 Å². The normalized spacial score (nSPS) is 11.7. The molecule has 0 bridgehead atoms. The summed E-state index contributed by atoms with van der Waals surface area (Å²) < 4.78 is 5.36. The molecule has 2 N–H and O–H groups in total. The molecule has 0 saturated heterocycles. The summed E-state index contributed by atoms with van der Waals surface area (Å²) in [5.74, 6) is -0.0125. The molecule has 2 rings (SSSR count). The Morgan fingerprint density at radius 1 is 0.871 bits per heavy atom. The molecule has 0 aliphatic carbocycles. The first-order chi connectivity index (χ1) is 14.3. The van der Waals surface area contributed by atoms with Crippen molar-refractivity contribution in [3.8, 4) is 0 Å². The van der Waals surface area contributed by atoms with Gasteiger partial charge < -0.3 is 15.4 Å². The Hall–Kier alpha value is -2.82. The number of rotatable bonds is 7. The van der Waals surface area contributed by atoms with E-state index in [4.69, 9.17) is 4.74 Å². The maximum Gasteiger partial charge on any atom is 0.408 e. The summed E-state index contributed by atoms with van der Waals surface area (Å²) in [6.07, 6.45) is 0.516. The fourth-order valence-corrected chi connectivity index (χ4v) is 3.35. The number of carbonyl (C=O) groups is 2. The lowest BCUT2D eigenvalue weighted by Crippen LogP contribution is -2.47. The van der Waals surface area contributed by atoms with Gasteiger partial charge in [0.2, 0.25) is 5.91 Å². The lowest BCUT2D eigenvalue weighted by Gasteiger charge is -2.29. The van der Waals surface area contributed by atoms with Crippen LogP contribution in [0.1, 0.15) is 62.4 Å². The Balaban J connectivity index is 1.92. The highest BCUT2D eigenvalue weighted by Crippen LogP contribution is 2.16. The van der Waals surface area contributed by atoms with E-state index in [1.54, 1.807) is 0 Å². The monoisotopic (exact) mass is 424 g/mol. The van der Waals surface area contributed by atoms with Crippen molar-refractivity contribution in [3.63, 3.8) is 0 Å². The number of aryl methyl sites for hydroxylation is 2. The fraction of sp³-hybridized carbons (Fsp3) is 0.462. The minimum atomic E-state index is -0.537. The van der Waals surface area contributed by atoms with Crippen LogP contribution in [0.2, 0.25) is 0 Å². The SMILES string of the molecule is Cc1ccc(CNC(=O)Cc2cccc(CC(C)(C)NC(=O)OC(C)(C)C)c2)cc1C. The lowest BCUT2D eigenvalue weighted by atomic mass is 9.93. The molecule has 0 unspecified atom stereocenters. The second-order valence-electron chi connectivity index (χ2n) is 9.88. The van der Waals surface area contributed by atoms with Gasteiger partial charge in [-0.3, -0.25) is 4.79 Å². The van der Waals surface area contributed by atoms with E-state index in [9.17, 15) is 9.59 Å². The minimum Gasteiger partial charge on any atom is -0.444 e. The Kier molecular flexibility index (Phi) is 7.88. The molecule has 31 heavy (non-hydrogen) atoms. The topological polar surface area (TPSA) is 67.4 Å². The van der Waals surface area contributed by atoms with Crippen molar-refractivity contribution in [2.24, 2.45) is 0 Å². The van der Waals surface area contributed by atoms with Crippen LogP contribution in [0.3, 0.4) is 0 Å². The molecule has 0 heterocycles. The number of amides is 2. The maximum atomic E-state index is 12.4. The molecule has 5 heteroatoms. The molecule has 0 atom stereocenters. The zero-order valence-corrected chi connectivity index (χ0v) is 19.9. The van der Waals surface area contributed by atoms with Gasteiger partial charge in [0.25, 0.3) is 0 Å². The predicted octanol–water partition coefficient (Wildman–Crippen LogP) is 5.01. The summed E-state index contributed by atoms with van der Waals surface area (Å²) in [4.78, 5) is 24.5. The van der Waals surface area contributed by atoms with Gasteiger partial charge in [-0.15, -0.1) is 0 Å². The maximum absolute atomic E-state index is 12.4. The van der Waals surface area contributed by atoms with Gasteiger partial charge in [0.05, 0.1) is 6.42 Å². The van der Waals surface area contributed by atoms with E-state index in [1.807, 2.05) is 65.0 Å². The van der Waals surface area contributed by atoms with E-state index in [-0.39, 0.29) is 5.91 Å². The largest absolute Gasteiger partial charge is 0.444 e. The van der Waals surface area contributed by atoms with E-state index in [0.717, 1.165) is 16.7 Å². The third-order valence-corrected chi connectivity index (χ3v) is 4.90. The number of nitrogens with one attached hydrogen (secondary N) is 2. The second-order valence-corrected chi connectivity index (χ2v) is 9.88. The molecule has 0 aromatic heterocycles. The van der Waals surface area contributed by atoms with Crippen LogP contribution < -0.4 is 10.6 Å². The van der Waals surface area contributed by atoms with Gasteiger partial charge in [-0.25, -0.2) is 4.79 Å². The van der Waals surface area contributed by atoms with E-state index in [1.165, 1.54) is 11.1 Å². The molecule has 2 aromatic rings. The molecule has 168 valence electrons. The summed E-state index contributed by atoms with van der Waals surface area (Å²) in [7, 11) is 0. The summed E-state index contributed by atoms with van der Waals surface area (Å²) >= 11 is 0. The molecule has 0 aliphatic rings. The molecule has 0 aliphatic heterocycles. The molecular formula is C26H36N2O3. The highest BCUT2D eigenvalue weighted by Gasteiger charge is 2.25. The van der Waals surface area contributed by atoms with Gasteiger partial charge in [0.1, 0.15) is 5.60 Å². The van der Waals surface area contributed by atoms with E-state index >= 15 is 0 Å². The molecule has 2 amide bonds. The van der Waals surface area contributed by atoms with Gasteiger partial charge in [0.15, 0.2) is 0 Å². The summed E-state index contributed by atoms with van der Waals surface area (Å²) in [5, 5.41) is 5.93. The first-order valence-corrected chi connectivity index (χ1v) is 10.7. The Morgan fingerprint density at radius 3 is 2.19 bits per heavy atom. The zero-order chi connectivity index (χ0) is 23.2. The van der Waals surface area contributed by atoms with Crippen LogP contribution in [0.4, 0.5) is 4.79 Å². The van der Waals surface area contributed by atoms with Crippen molar-refractivity contribution in [1.29, 1.82) is 0 Å². The van der Waals surface area contributed by atoms with Crippen LogP contribution >= 0.6 is 0 Å². The Bertz CT molecular complexity index is 926. The highest BCUT2D eigenvalue weighted by molar-refractivity contribution is 5.78. The van der Waals surface area contributed by atoms with Crippen LogP contribution in [-0.2, 0) is 28.9 Å². The average molecular weight is 425 g/mol. The highest BCUT2D eigenvalue weighted by atomic mass is 16.6. The van der Waals surface area contributed by atoms with Crippen LogP contribution in [0.15, 0.2) is 42.5 Å². The molecule has 0 fully saturated rings. The third-order valence-electron chi connectivity index (χ3n) is 4.90. The fourth-order valence-electron chi connectivity index (χ4n) is 3.35. The van der Waals surface area contributed by atoms with Gasteiger partial charge >= 0.3 is 6.09 Å². The first kappa shape index (κ1) is 24.4. The Morgan fingerprint density at radius 2 is 1.55 bits per heavy atom. The number of alkyl carbamates (subject to hydrolysis) is 1. The summed E-state index contributed by atoms with van der Waals surface area (Å²) in [6, 6.07) is 14.2. The van der Waals surface area contributed by atoms with Crippen molar-refractivity contribution >= 4 is 12.0 Å². The van der Waals surface area contributed by atoms with Crippen molar-refractivity contribution < 1.29 is 14.3 Å². The Labute approximate surface area is 186 Å². The molecule has 2 aromatic carbocycles. The second kappa shape index (κ2) is 9.99. The van der Waals surface area contributed by atoms with Crippen LogP contribution in [0.25, 0.3) is 0 Å². The van der Waals surface area contributed by atoms with E-state index < -0.39 is 17.2 Å². The van der Waals surface area contributed by atoms with Crippen molar-refractivity contribution in [2.45, 2.75) is 79.0 Å². The zero-order valence-electron chi connectivity index (χ0n) is 19.9. The summed E-state index contributed by atoms with van der Waals surface area (Å²) in [6.45, 7) is 14.1. The molecule has 0 radical (unpaired) electrons. The van der Waals surface area contributed by atoms with E-state index in [2.05, 4.69) is 36.6 Å². The number of hydrogen-bond acceptors (Lipinski definition) is 3. The average Bonchev–Trinajstić information content (AvgIpc) is 2.60. The standard InChI is InChI=1S/C26H36N2O3/c1-18-11-12-22(13-19(18)2)17-27-23(29)15-20-9-8-10-21(14-20)16-26(6,7)28-24(30)31-25(3,4)5/h8-14H,15-17H2,1-7H3,(H,27,29)(H,28,30). The number of hydrogen-bond donors (Lipinski definition) is 2. The van der Waals surface area contributed by atoms with Gasteiger partial charge in [-0.2, -0.15) is 0 Å².